The Morgan fingerprint density at radius 2 is 2.05 bits per heavy atom. The summed E-state index contributed by atoms with van der Waals surface area (Å²) in [4.78, 5) is 0. The minimum absolute atomic E-state index is 0.576. The van der Waals surface area contributed by atoms with Crippen molar-refractivity contribution in [3.8, 4) is 11.8 Å². The summed E-state index contributed by atoms with van der Waals surface area (Å²) in [6.45, 7) is 0.582. The van der Waals surface area contributed by atoms with Gasteiger partial charge >= 0.3 is 0 Å². The largest absolute Gasteiger partial charge is 0.496 e. The Morgan fingerprint density at radius 1 is 1.26 bits per heavy atom. The van der Waals surface area contributed by atoms with Crippen molar-refractivity contribution in [3.05, 3.63) is 58.6 Å². The minimum Gasteiger partial charge on any atom is -0.496 e. The molecule has 0 atom stereocenters. The molecule has 0 heterocycles. The highest BCUT2D eigenvalue weighted by Crippen LogP contribution is 2.25. The summed E-state index contributed by atoms with van der Waals surface area (Å²) in [6.07, 6.45) is 0. The molecular formula is C15H13ClN2O. The number of methoxy groups -OCH3 is 1. The molecule has 0 unspecified atom stereocenters. The van der Waals surface area contributed by atoms with Crippen LogP contribution in [0.3, 0.4) is 0 Å². The second-order valence-electron chi connectivity index (χ2n) is 3.97. The molecular weight excluding hydrogens is 260 g/mol. The third-order valence-electron chi connectivity index (χ3n) is 2.76. The van der Waals surface area contributed by atoms with Crippen molar-refractivity contribution < 1.29 is 4.74 Å². The minimum atomic E-state index is 0.576. The maximum atomic E-state index is 8.88. The van der Waals surface area contributed by atoms with Crippen molar-refractivity contribution >= 4 is 17.3 Å². The molecule has 2 aromatic carbocycles. The highest BCUT2D eigenvalue weighted by atomic mass is 35.5. The van der Waals surface area contributed by atoms with E-state index < -0.39 is 0 Å². The number of nitrogens with one attached hydrogen (secondary N) is 1. The van der Waals surface area contributed by atoms with E-state index in [2.05, 4.69) is 11.4 Å². The lowest BCUT2D eigenvalue weighted by atomic mass is 10.2. The summed E-state index contributed by atoms with van der Waals surface area (Å²) in [5.74, 6) is 0.822. The molecule has 4 heteroatoms. The molecule has 0 aromatic heterocycles. The fourth-order valence-corrected chi connectivity index (χ4v) is 1.95. The van der Waals surface area contributed by atoms with Gasteiger partial charge in [-0.2, -0.15) is 5.26 Å². The number of hydrogen-bond donors (Lipinski definition) is 1. The van der Waals surface area contributed by atoms with Crippen molar-refractivity contribution in [1.29, 1.82) is 5.26 Å². The number of nitriles is 1. The molecule has 19 heavy (non-hydrogen) atoms. The van der Waals surface area contributed by atoms with E-state index in [9.17, 15) is 0 Å². The van der Waals surface area contributed by atoms with Crippen LogP contribution in [0.2, 0.25) is 5.02 Å². The first-order chi connectivity index (χ1) is 9.24. The van der Waals surface area contributed by atoms with Crippen LogP contribution in [0.1, 0.15) is 11.1 Å². The Balaban J connectivity index is 2.17. The van der Waals surface area contributed by atoms with Crippen LogP contribution in [0.15, 0.2) is 42.5 Å². The van der Waals surface area contributed by atoms with E-state index in [1.807, 2.05) is 24.3 Å². The fraction of sp³-hybridized carbons (Fsp3) is 0.133. The topological polar surface area (TPSA) is 45.0 Å². The first-order valence-corrected chi connectivity index (χ1v) is 6.18. The van der Waals surface area contributed by atoms with E-state index in [4.69, 9.17) is 21.6 Å². The molecule has 3 nitrogen and oxygen atoms in total. The number of anilines is 1. The fourth-order valence-electron chi connectivity index (χ4n) is 1.77. The Labute approximate surface area is 117 Å². The summed E-state index contributed by atoms with van der Waals surface area (Å²) in [5, 5.41) is 12.7. The van der Waals surface area contributed by atoms with Crippen LogP contribution < -0.4 is 10.1 Å². The molecule has 2 rings (SSSR count). The van der Waals surface area contributed by atoms with Gasteiger partial charge in [-0.1, -0.05) is 29.8 Å². The van der Waals surface area contributed by atoms with Crippen molar-refractivity contribution in [3.63, 3.8) is 0 Å². The maximum Gasteiger partial charge on any atom is 0.123 e. The second-order valence-corrected chi connectivity index (χ2v) is 4.38. The van der Waals surface area contributed by atoms with Crippen LogP contribution >= 0.6 is 11.6 Å². The predicted octanol–water partition coefficient (Wildman–Crippen LogP) is 3.83. The van der Waals surface area contributed by atoms with Gasteiger partial charge in [-0.15, -0.1) is 0 Å². The lowest BCUT2D eigenvalue weighted by Crippen LogP contribution is -2.02. The molecule has 0 aliphatic rings. The van der Waals surface area contributed by atoms with Gasteiger partial charge in [0.2, 0.25) is 0 Å². The Bertz CT molecular complexity index is 620. The molecule has 0 amide bonds. The first kappa shape index (κ1) is 13.3. The number of nitrogens with zero attached hydrogens (tertiary/aromatic N) is 1. The zero-order chi connectivity index (χ0) is 13.7. The predicted molar refractivity (Wildman–Crippen MR) is 76.5 cm³/mol. The van der Waals surface area contributed by atoms with Crippen LogP contribution in [0.25, 0.3) is 0 Å². The normalized spacial score (nSPS) is 9.74. The number of hydrogen-bond acceptors (Lipinski definition) is 3. The van der Waals surface area contributed by atoms with Gasteiger partial charge in [0.05, 0.1) is 29.5 Å². The average molecular weight is 273 g/mol. The van der Waals surface area contributed by atoms with Gasteiger partial charge in [-0.25, -0.2) is 0 Å². The Morgan fingerprint density at radius 3 is 2.79 bits per heavy atom. The highest BCUT2D eigenvalue weighted by molar-refractivity contribution is 6.33. The van der Waals surface area contributed by atoms with Gasteiger partial charge in [-0.05, 0) is 24.3 Å². The summed E-state index contributed by atoms with van der Waals surface area (Å²) < 4.78 is 5.28. The maximum absolute atomic E-state index is 8.88. The Hall–Kier alpha value is -2.18. The number of halogens is 1. The zero-order valence-electron chi connectivity index (χ0n) is 10.5. The van der Waals surface area contributed by atoms with Crippen molar-refractivity contribution in [1.82, 2.24) is 0 Å². The first-order valence-electron chi connectivity index (χ1n) is 5.80. The van der Waals surface area contributed by atoms with E-state index in [1.165, 1.54) is 0 Å². The SMILES string of the molecule is COc1ccccc1CNc1cc(C#N)ccc1Cl. The van der Waals surface area contributed by atoms with Gasteiger partial charge in [0.1, 0.15) is 5.75 Å². The molecule has 0 fully saturated rings. The highest BCUT2D eigenvalue weighted by Gasteiger charge is 2.04. The molecule has 96 valence electrons. The molecule has 0 saturated heterocycles. The molecule has 0 bridgehead atoms. The molecule has 0 radical (unpaired) electrons. The van der Waals surface area contributed by atoms with Gasteiger partial charge in [0.15, 0.2) is 0 Å². The summed E-state index contributed by atoms with van der Waals surface area (Å²) in [5.41, 5.74) is 2.35. The zero-order valence-corrected chi connectivity index (χ0v) is 11.2. The standard InChI is InChI=1S/C15H13ClN2O/c1-19-15-5-3-2-4-12(15)10-18-14-8-11(9-17)6-7-13(14)16/h2-8,18H,10H2,1H3. The van der Waals surface area contributed by atoms with Crippen LogP contribution in [-0.2, 0) is 6.54 Å². The second kappa shape index (κ2) is 6.12. The molecule has 0 aliphatic carbocycles. The van der Waals surface area contributed by atoms with Gasteiger partial charge in [0.25, 0.3) is 0 Å². The van der Waals surface area contributed by atoms with Gasteiger partial charge in [-0.3, -0.25) is 0 Å². The number of para-hydroxylation sites is 1. The molecule has 0 aliphatic heterocycles. The van der Waals surface area contributed by atoms with Gasteiger partial charge < -0.3 is 10.1 Å². The molecule has 2 aromatic rings. The number of rotatable bonds is 4. The lowest BCUT2D eigenvalue weighted by molar-refractivity contribution is 0.410. The van der Waals surface area contributed by atoms with E-state index in [-0.39, 0.29) is 0 Å². The van der Waals surface area contributed by atoms with E-state index in [0.29, 0.717) is 17.1 Å². The van der Waals surface area contributed by atoms with Gasteiger partial charge in [0, 0.05) is 12.1 Å². The smallest absolute Gasteiger partial charge is 0.123 e. The van der Waals surface area contributed by atoms with Crippen LogP contribution in [0.4, 0.5) is 5.69 Å². The van der Waals surface area contributed by atoms with Crippen molar-refractivity contribution in [2.45, 2.75) is 6.54 Å². The van der Waals surface area contributed by atoms with Crippen molar-refractivity contribution in [2.24, 2.45) is 0 Å². The lowest BCUT2D eigenvalue weighted by Gasteiger charge is -2.11. The van der Waals surface area contributed by atoms with Crippen LogP contribution in [-0.4, -0.2) is 7.11 Å². The quantitative estimate of drug-likeness (QED) is 0.920. The number of ether oxygens (including phenoxy) is 1. The monoisotopic (exact) mass is 272 g/mol. The summed E-state index contributed by atoms with van der Waals surface area (Å²) in [7, 11) is 1.64. The third-order valence-corrected chi connectivity index (χ3v) is 3.09. The average Bonchev–Trinajstić information content (AvgIpc) is 2.46. The van der Waals surface area contributed by atoms with E-state index in [1.54, 1.807) is 25.3 Å². The van der Waals surface area contributed by atoms with E-state index in [0.717, 1.165) is 17.0 Å². The van der Waals surface area contributed by atoms with Crippen LogP contribution in [0, 0.1) is 11.3 Å². The summed E-state index contributed by atoms with van der Waals surface area (Å²) >= 11 is 6.09. The van der Waals surface area contributed by atoms with Crippen molar-refractivity contribution in [2.75, 3.05) is 12.4 Å². The number of benzene rings is 2. The Kier molecular flexibility index (Phi) is 4.27. The van der Waals surface area contributed by atoms with Crippen LogP contribution in [0.5, 0.6) is 5.75 Å². The molecule has 1 N–H and O–H groups in total. The molecule has 0 spiro atoms. The van der Waals surface area contributed by atoms with E-state index >= 15 is 0 Å². The summed E-state index contributed by atoms with van der Waals surface area (Å²) in [6, 6.07) is 15.0. The third kappa shape index (κ3) is 3.18. The molecule has 0 saturated carbocycles.